The lowest BCUT2D eigenvalue weighted by atomic mass is 10.0. The number of rotatable bonds is 3. The number of carboxylic acid groups (broad SMARTS) is 1. The highest BCUT2D eigenvalue weighted by molar-refractivity contribution is 5.91. The molecular weight excluding hydrogens is 368 g/mol. The van der Waals surface area contributed by atoms with E-state index in [1.54, 1.807) is 10.7 Å². The standard InChI is InChI=1S/C22H16N4O3/c27-18-11-10-14(12-16(18)22(28)29)20-23-17-9-5-4-8-15(17)21-24-19(25-26(20)21)13-6-2-1-3-7-13/h1-12,20,23,27H,(H,28,29). The molecular formula is C22H16N4O3. The van der Waals surface area contributed by atoms with Crippen LogP contribution < -0.4 is 5.32 Å². The first-order valence-corrected chi connectivity index (χ1v) is 9.06. The lowest BCUT2D eigenvalue weighted by Crippen LogP contribution is -2.26. The summed E-state index contributed by atoms with van der Waals surface area (Å²) in [5.41, 5.74) is 3.17. The smallest absolute Gasteiger partial charge is 0.339 e. The van der Waals surface area contributed by atoms with Crippen LogP contribution in [0.3, 0.4) is 0 Å². The van der Waals surface area contributed by atoms with Crippen LogP contribution >= 0.6 is 0 Å². The molecule has 1 atom stereocenters. The summed E-state index contributed by atoms with van der Waals surface area (Å²) in [5, 5.41) is 27.4. The molecule has 0 saturated heterocycles. The molecule has 0 aliphatic carbocycles. The number of fused-ring (bicyclic) bond motifs is 3. The molecule has 5 rings (SSSR count). The molecule has 0 bridgehead atoms. The van der Waals surface area contributed by atoms with Gasteiger partial charge in [-0.3, -0.25) is 0 Å². The Kier molecular flexibility index (Phi) is 3.80. The van der Waals surface area contributed by atoms with Crippen LogP contribution in [0, 0.1) is 0 Å². The molecule has 7 nitrogen and oxygen atoms in total. The highest BCUT2D eigenvalue weighted by Crippen LogP contribution is 2.38. The number of nitrogens with zero attached hydrogens (tertiary/aromatic N) is 3. The van der Waals surface area contributed by atoms with Gasteiger partial charge in [-0.1, -0.05) is 48.5 Å². The predicted octanol–water partition coefficient (Wildman–Crippen LogP) is 3.99. The number of hydrogen-bond acceptors (Lipinski definition) is 5. The molecule has 0 fully saturated rings. The third-order valence-electron chi connectivity index (χ3n) is 4.93. The van der Waals surface area contributed by atoms with Gasteiger partial charge < -0.3 is 15.5 Å². The second-order valence-corrected chi connectivity index (χ2v) is 6.74. The van der Waals surface area contributed by atoms with Crippen molar-refractivity contribution >= 4 is 11.7 Å². The maximum absolute atomic E-state index is 11.5. The zero-order chi connectivity index (χ0) is 20.0. The van der Waals surface area contributed by atoms with Gasteiger partial charge in [0.2, 0.25) is 0 Å². The summed E-state index contributed by atoms with van der Waals surface area (Å²) in [7, 11) is 0. The monoisotopic (exact) mass is 384 g/mol. The Morgan fingerprint density at radius 3 is 2.55 bits per heavy atom. The van der Waals surface area contributed by atoms with E-state index >= 15 is 0 Å². The Hall–Kier alpha value is -4.13. The maximum atomic E-state index is 11.5. The van der Waals surface area contributed by atoms with E-state index in [1.165, 1.54) is 12.1 Å². The number of carboxylic acids is 1. The number of hydrogen-bond donors (Lipinski definition) is 3. The fourth-order valence-electron chi connectivity index (χ4n) is 3.53. The first-order chi connectivity index (χ1) is 14.1. The molecule has 29 heavy (non-hydrogen) atoms. The van der Waals surface area contributed by atoms with Gasteiger partial charge >= 0.3 is 5.97 Å². The molecule has 142 valence electrons. The SMILES string of the molecule is O=C(O)c1cc(C2Nc3ccccc3-c3nc(-c4ccccc4)nn32)ccc1O. The van der Waals surface area contributed by atoms with Crippen molar-refractivity contribution in [3.63, 3.8) is 0 Å². The van der Waals surface area contributed by atoms with E-state index in [0.717, 1.165) is 16.8 Å². The highest BCUT2D eigenvalue weighted by atomic mass is 16.4. The largest absolute Gasteiger partial charge is 0.507 e. The molecule has 7 heteroatoms. The average Bonchev–Trinajstić information content (AvgIpc) is 3.20. The Labute approximate surface area is 165 Å². The number of carbonyl (C=O) groups is 1. The summed E-state index contributed by atoms with van der Waals surface area (Å²) in [4.78, 5) is 16.2. The quantitative estimate of drug-likeness (QED) is 0.494. The van der Waals surface area contributed by atoms with E-state index in [2.05, 4.69) is 5.32 Å². The topological polar surface area (TPSA) is 100 Å². The van der Waals surface area contributed by atoms with E-state index in [-0.39, 0.29) is 11.3 Å². The van der Waals surface area contributed by atoms with Crippen LogP contribution in [0.5, 0.6) is 5.75 Å². The van der Waals surface area contributed by atoms with Crippen molar-refractivity contribution in [3.05, 3.63) is 83.9 Å². The number of aromatic carboxylic acids is 1. The predicted molar refractivity (Wildman–Crippen MR) is 108 cm³/mol. The van der Waals surface area contributed by atoms with Crippen LogP contribution in [0.1, 0.15) is 22.1 Å². The Balaban J connectivity index is 1.69. The van der Waals surface area contributed by atoms with Crippen LogP contribution in [0.4, 0.5) is 5.69 Å². The number of benzene rings is 3. The van der Waals surface area contributed by atoms with Gasteiger partial charge in [0.1, 0.15) is 17.5 Å². The minimum atomic E-state index is -1.19. The van der Waals surface area contributed by atoms with Crippen LogP contribution in [-0.2, 0) is 0 Å². The molecule has 0 saturated carbocycles. The van der Waals surface area contributed by atoms with Crippen LogP contribution in [0.25, 0.3) is 22.8 Å². The molecule has 4 aromatic rings. The van der Waals surface area contributed by atoms with Gasteiger partial charge in [0.05, 0.1) is 0 Å². The number of para-hydroxylation sites is 1. The average molecular weight is 384 g/mol. The summed E-state index contributed by atoms with van der Waals surface area (Å²) in [6.45, 7) is 0. The van der Waals surface area contributed by atoms with Crippen molar-refractivity contribution in [1.82, 2.24) is 14.8 Å². The summed E-state index contributed by atoms with van der Waals surface area (Å²) >= 11 is 0. The van der Waals surface area contributed by atoms with Gasteiger partial charge in [-0.25, -0.2) is 14.5 Å². The third-order valence-corrected chi connectivity index (χ3v) is 4.93. The molecule has 0 radical (unpaired) electrons. The van der Waals surface area contributed by atoms with Crippen LogP contribution in [0.2, 0.25) is 0 Å². The van der Waals surface area contributed by atoms with Gasteiger partial charge in [-0.15, -0.1) is 5.10 Å². The Morgan fingerprint density at radius 1 is 1.00 bits per heavy atom. The van der Waals surface area contributed by atoms with E-state index < -0.39 is 12.1 Å². The fraction of sp³-hybridized carbons (Fsp3) is 0.0455. The summed E-state index contributed by atoms with van der Waals surface area (Å²) in [5.74, 6) is -0.194. The number of aromatic hydroxyl groups is 1. The van der Waals surface area contributed by atoms with Gasteiger partial charge in [-0.05, 0) is 29.8 Å². The van der Waals surface area contributed by atoms with Crippen molar-refractivity contribution < 1.29 is 15.0 Å². The normalized spacial score (nSPS) is 14.6. The summed E-state index contributed by atoms with van der Waals surface area (Å²) < 4.78 is 1.75. The molecule has 3 aromatic carbocycles. The molecule has 0 amide bonds. The molecule has 1 unspecified atom stereocenters. The molecule has 1 aliphatic rings. The molecule has 1 aliphatic heterocycles. The summed E-state index contributed by atoms with van der Waals surface area (Å²) in [6.07, 6.45) is -0.469. The maximum Gasteiger partial charge on any atom is 0.339 e. The lowest BCUT2D eigenvalue weighted by molar-refractivity contribution is 0.0693. The van der Waals surface area contributed by atoms with E-state index in [0.29, 0.717) is 17.2 Å². The van der Waals surface area contributed by atoms with E-state index in [9.17, 15) is 15.0 Å². The van der Waals surface area contributed by atoms with Crippen LogP contribution in [0.15, 0.2) is 72.8 Å². The van der Waals surface area contributed by atoms with Gasteiger partial charge in [0, 0.05) is 16.8 Å². The minimum Gasteiger partial charge on any atom is -0.507 e. The van der Waals surface area contributed by atoms with E-state index in [4.69, 9.17) is 10.1 Å². The molecule has 2 heterocycles. The highest BCUT2D eigenvalue weighted by Gasteiger charge is 2.29. The number of phenols is 1. The zero-order valence-electron chi connectivity index (χ0n) is 15.1. The van der Waals surface area contributed by atoms with E-state index in [1.807, 2.05) is 54.6 Å². The number of anilines is 1. The second kappa shape index (κ2) is 6.49. The number of aromatic nitrogens is 3. The Bertz CT molecular complexity index is 1230. The zero-order valence-corrected chi connectivity index (χ0v) is 15.1. The molecule has 0 spiro atoms. The lowest BCUT2D eigenvalue weighted by Gasteiger charge is -2.28. The summed E-state index contributed by atoms with van der Waals surface area (Å²) in [6, 6.07) is 22.0. The second-order valence-electron chi connectivity index (χ2n) is 6.74. The molecule has 1 aromatic heterocycles. The van der Waals surface area contributed by atoms with Crippen molar-refractivity contribution in [2.75, 3.05) is 5.32 Å². The van der Waals surface area contributed by atoms with Crippen LogP contribution in [-0.4, -0.2) is 30.9 Å². The van der Waals surface area contributed by atoms with Crippen molar-refractivity contribution in [2.45, 2.75) is 6.17 Å². The third kappa shape index (κ3) is 2.80. The minimum absolute atomic E-state index is 0.159. The fourth-order valence-corrected chi connectivity index (χ4v) is 3.53. The first-order valence-electron chi connectivity index (χ1n) is 9.06. The molecule has 3 N–H and O–H groups in total. The van der Waals surface area contributed by atoms with Crippen molar-refractivity contribution in [1.29, 1.82) is 0 Å². The van der Waals surface area contributed by atoms with Crippen molar-refractivity contribution in [3.8, 4) is 28.5 Å². The Morgan fingerprint density at radius 2 is 1.76 bits per heavy atom. The van der Waals surface area contributed by atoms with Gasteiger partial charge in [0.15, 0.2) is 11.6 Å². The van der Waals surface area contributed by atoms with Crippen molar-refractivity contribution in [2.24, 2.45) is 0 Å². The number of nitrogens with one attached hydrogen (secondary N) is 1. The van der Waals surface area contributed by atoms with Gasteiger partial charge in [0.25, 0.3) is 0 Å². The first kappa shape index (κ1) is 17.0. The van der Waals surface area contributed by atoms with Gasteiger partial charge in [-0.2, -0.15) is 0 Å².